The number of carboxylic acids is 1. The maximum atomic E-state index is 12.8. The van der Waals surface area contributed by atoms with Gasteiger partial charge in [0.2, 0.25) is 10.0 Å². The molecule has 146 valence electrons. The molecule has 0 aliphatic carbocycles. The molecular formula is C20H26N2O4S. The molecule has 0 spiro atoms. The highest BCUT2D eigenvalue weighted by Crippen LogP contribution is 2.27. The van der Waals surface area contributed by atoms with Crippen LogP contribution in [0.4, 0.5) is 5.69 Å². The second-order valence-corrected chi connectivity index (χ2v) is 8.13. The largest absolute Gasteiger partial charge is 0.478 e. The van der Waals surface area contributed by atoms with Crippen molar-refractivity contribution in [3.05, 3.63) is 59.7 Å². The number of benzene rings is 2. The fraction of sp³-hybridized carbons (Fsp3) is 0.350. The van der Waals surface area contributed by atoms with Crippen molar-refractivity contribution >= 4 is 21.7 Å². The third-order valence-corrected chi connectivity index (χ3v) is 5.76. The molecule has 0 amide bonds. The number of carboxylic acid groups (broad SMARTS) is 1. The van der Waals surface area contributed by atoms with Gasteiger partial charge in [-0.3, -0.25) is 0 Å². The van der Waals surface area contributed by atoms with E-state index >= 15 is 0 Å². The molecule has 7 heteroatoms. The smallest absolute Gasteiger partial charge is 0.335 e. The van der Waals surface area contributed by atoms with Gasteiger partial charge in [0.25, 0.3) is 0 Å². The first-order valence-corrected chi connectivity index (χ1v) is 10.5. The van der Waals surface area contributed by atoms with E-state index in [9.17, 15) is 18.3 Å². The molecule has 1 unspecified atom stereocenters. The van der Waals surface area contributed by atoms with E-state index in [-0.39, 0.29) is 16.5 Å². The Hall–Kier alpha value is -2.38. The Balaban J connectivity index is 2.32. The molecule has 0 saturated carbocycles. The van der Waals surface area contributed by atoms with Gasteiger partial charge < -0.3 is 10.4 Å². The highest BCUT2D eigenvalue weighted by atomic mass is 32.2. The van der Waals surface area contributed by atoms with Crippen molar-refractivity contribution in [2.75, 3.05) is 11.9 Å². The third-order valence-electron chi connectivity index (χ3n) is 4.26. The normalized spacial score (nSPS) is 12.5. The molecule has 3 N–H and O–H groups in total. The Bertz CT molecular complexity index is 867. The summed E-state index contributed by atoms with van der Waals surface area (Å²) in [5.41, 5.74) is 1.31. The predicted molar refractivity (Wildman–Crippen MR) is 107 cm³/mol. The van der Waals surface area contributed by atoms with Gasteiger partial charge in [-0.15, -0.1) is 0 Å². The second-order valence-electron chi connectivity index (χ2n) is 6.40. The van der Waals surface area contributed by atoms with Crippen molar-refractivity contribution in [1.82, 2.24) is 4.72 Å². The van der Waals surface area contributed by atoms with Crippen LogP contribution in [0.25, 0.3) is 0 Å². The molecule has 1 atom stereocenters. The summed E-state index contributed by atoms with van der Waals surface area (Å²) in [6, 6.07) is 13.6. The molecule has 0 fully saturated rings. The van der Waals surface area contributed by atoms with E-state index in [2.05, 4.69) is 10.0 Å². The fourth-order valence-corrected chi connectivity index (χ4v) is 3.98. The van der Waals surface area contributed by atoms with Crippen molar-refractivity contribution in [3.63, 3.8) is 0 Å². The number of anilines is 1. The van der Waals surface area contributed by atoms with Gasteiger partial charge in [0.1, 0.15) is 4.90 Å². The minimum atomic E-state index is -3.83. The first-order chi connectivity index (χ1) is 12.8. The molecule has 0 heterocycles. The number of nitrogens with one attached hydrogen (secondary N) is 2. The van der Waals surface area contributed by atoms with Crippen LogP contribution in [0.5, 0.6) is 0 Å². The summed E-state index contributed by atoms with van der Waals surface area (Å²) in [5.74, 6) is -1.17. The Morgan fingerprint density at radius 1 is 1.11 bits per heavy atom. The Kier molecular flexibility index (Phi) is 7.38. The van der Waals surface area contributed by atoms with Crippen molar-refractivity contribution in [2.45, 2.75) is 44.0 Å². The van der Waals surface area contributed by atoms with Gasteiger partial charge in [0, 0.05) is 12.6 Å². The molecule has 0 saturated heterocycles. The van der Waals surface area contributed by atoms with Gasteiger partial charge in [0.05, 0.1) is 11.3 Å². The maximum absolute atomic E-state index is 12.8. The highest BCUT2D eigenvalue weighted by Gasteiger charge is 2.21. The Morgan fingerprint density at radius 3 is 2.44 bits per heavy atom. The van der Waals surface area contributed by atoms with Crippen molar-refractivity contribution in [1.29, 1.82) is 0 Å². The molecule has 2 rings (SSSR count). The number of carbonyl (C=O) groups is 1. The second kappa shape index (κ2) is 9.53. The molecule has 0 aromatic heterocycles. The van der Waals surface area contributed by atoms with Gasteiger partial charge >= 0.3 is 5.97 Å². The minimum Gasteiger partial charge on any atom is -0.478 e. The number of rotatable bonds is 10. The molecule has 2 aromatic rings. The summed E-state index contributed by atoms with van der Waals surface area (Å²) >= 11 is 0. The van der Waals surface area contributed by atoms with Gasteiger partial charge in [-0.2, -0.15) is 0 Å². The lowest BCUT2D eigenvalue weighted by molar-refractivity contribution is 0.0696. The molecule has 0 aliphatic rings. The molecule has 0 radical (unpaired) electrons. The summed E-state index contributed by atoms with van der Waals surface area (Å²) in [7, 11) is -3.83. The highest BCUT2D eigenvalue weighted by molar-refractivity contribution is 7.89. The van der Waals surface area contributed by atoms with E-state index in [0.29, 0.717) is 12.2 Å². The predicted octanol–water partition coefficient (Wildman–Crippen LogP) is 4.03. The van der Waals surface area contributed by atoms with Crippen LogP contribution in [-0.2, 0) is 10.0 Å². The van der Waals surface area contributed by atoms with Crippen LogP contribution in [0.3, 0.4) is 0 Å². The zero-order chi connectivity index (χ0) is 19.9. The number of hydrogen-bond acceptors (Lipinski definition) is 4. The zero-order valence-electron chi connectivity index (χ0n) is 15.6. The molecule has 0 bridgehead atoms. The quantitative estimate of drug-likeness (QED) is 0.533. The number of sulfonamides is 1. The van der Waals surface area contributed by atoms with Crippen molar-refractivity contribution in [3.8, 4) is 0 Å². The SMILES string of the molecule is CCCCCNS(=O)(=O)c1cc(C(=O)O)ccc1NC(C)c1ccccc1. The average molecular weight is 391 g/mol. The monoisotopic (exact) mass is 390 g/mol. The molecule has 0 aliphatic heterocycles. The van der Waals surface area contributed by atoms with E-state index in [1.54, 1.807) is 0 Å². The van der Waals surface area contributed by atoms with Gasteiger partial charge in [-0.25, -0.2) is 17.9 Å². The topological polar surface area (TPSA) is 95.5 Å². The summed E-state index contributed by atoms with van der Waals surface area (Å²) in [5, 5.41) is 12.4. The number of aromatic carboxylic acids is 1. The molecule has 2 aromatic carbocycles. The average Bonchev–Trinajstić information content (AvgIpc) is 2.66. The fourth-order valence-electron chi connectivity index (χ4n) is 2.71. The van der Waals surface area contributed by atoms with E-state index < -0.39 is 16.0 Å². The Labute approximate surface area is 160 Å². The first kappa shape index (κ1) is 20.9. The minimum absolute atomic E-state index is 0.0540. The number of unbranched alkanes of at least 4 members (excludes halogenated alkanes) is 2. The van der Waals surface area contributed by atoms with Crippen molar-refractivity contribution in [2.24, 2.45) is 0 Å². The molecule has 6 nitrogen and oxygen atoms in total. The van der Waals surface area contributed by atoms with Gasteiger partial charge in [0.15, 0.2) is 0 Å². The molecular weight excluding hydrogens is 364 g/mol. The van der Waals surface area contributed by atoms with Crippen LogP contribution in [0.2, 0.25) is 0 Å². The zero-order valence-corrected chi connectivity index (χ0v) is 16.4. The summed E-state index contributed by atoms with van der Waals surface area (Å²) in [6.07, 6.45) is 2.64. The lowest BCUT2D eigenvalue weighted by Crippen LogP contribution is -2.26. The summed E-state index contributed by atoms with van der Waals surface area (Å²) in [6.45, 7) is 4.28. The van der Waals surface area contributed by atoms with E-state index in [1.165, 1.54) is 18.2 Å². The van der Waals surface area contributed by atoms with Gasteiger partial charge in [-0.05, 0) is 37.1 Å². The summed E-state index contributed by atoms with van der Waals surface area (Å²) in [4.78, 5) is 11.2. The van der Waals surface area contributed by atoms with Gasteiger partial charge in [-0.1, -0.05) is 50.1 Å². The van der Waals surface area contributed by atoms with Crippen LogP contribution in [-0.4, -0.2) is 26.0 Å². The molecule has 27 heavy (non-hydrogen) atoms. The first-order valence-electron chi connectivity index (χ1n) is 9.03. The van der Waals surface area contributed by atoms with E-state index in [4.69, 9.17) is 0 Å². The van der Waals surface area contributed by atoms with Crippen LogP contribution in [0.1, 0.15) is 55.1 Å². The maximum Gasteiger partial charge on any atom is 0.335 e. The van der Waals surface area contributed by atoms with Crippen LogP contribution >= 0.6 is 0 Å². The van der Waals surface area contributed by atoms with Crippen molar-refractivity contribution < 1.29 is 18.3 Å². The number of hydrogen-bond donors (Lipinski definition) is 3. The van der Waals surface area contributed by atoms with E-state index in [1.807, 2.05) is 44.2 Å². The van der Waals surface area contributed by atoms with Crippen LogP contribution in [0.15, 0.2) is 53.4 Å². The van der Waals surface area contributed by atoms with Crippen LogP contribution in [0, 0.1) is 0 Å². The van der Waals surface area contributed by atoms with Crippen LogP contribution < -0.4 is 10.0 Å². The third kappa shape index (κ3) is 5.80. The lowest BCUT2D eigenvalue weighted by Gasteiger charge is -2.19. The summed E-state index contributed by atoms with van der Waals surface area (Å²) < 4.78 is 28.1. The Morgan fingerprint density at radius 2 is 1.81 bits per heavy atom. The standard InChI is InChI=1S/C20H26N2O4S/c1-3-4-8-13-21-27(25,26)19-14-17(20(23)24)11-12-18(19)22-15(2)16-9-6-5-7-10-16/h5-7,9-12,14-15,21-22H,3-4,8,13H2,1-2H3,(H,23,24). The lowest BCUT2D eigenvalue weighted by atomic mass is 10.1. The van der Waals surface area contributed by atoms with E-state index in [0.717, 1.165) is 24.8 Å².